The Hall–Kier alpha value is -0.450. The van der Waals surface area contributed by atoms with Crippen molar-refractivity contribution in [2.24, 2.45) is 0 Å². The Kier molecular flexibility index (Phi) is 6.26. The molecular formula is C10H14Cl2NO4P. The van der Waals surface area contributed by atoms with Gasteiger partial charge >= 0.3 is 7.82 Å². The fourth-order valence-electron chi connectivity index (χ4n) is 1.43. The topological polar surface area (TPSA) is 70.0 Å². The van der Waals surface area contributed by atoms with Gasteiger partial charge in [0, 0.05) is 30.5 Å². The predicted molar refractivity (Wildman–Crippen MR) is 72.8 cm³/mol. The van der Waals surface area contributed by atoms with Crippen LogP contribution in [0.2, 0.25) is 0 Å². The normalized spacial score (nSPS) is 11.3. The van der Waals surface area contributed by atoms with Gasteiger partial charge in [0.05, 0.1) is 0 Å². The van der Waals surface area contributed by atoms with Gasteiger partial charge in [-0.1, -0.05) is 0 Å². The Labute approximate surface area is 116 Å². The highest BCUT2D eigenvalue weighted by Crippen LogP contribution is 2.37. The third kappa shape index (κ3) is 5.46. The van der Waals surface area contributed by atoms with Crippen LogP contribution in [-0.2, 0) is 4.57 Å². The lowest BCUT2D eigenvalue weighted by Crippen LogP contribution is -2.27. The molecule has 8 heteroatoms. The lowest BCUT2D eigenvalue weighted by molar-refractivity contribution is 0.283. The summed E-state index contributed by atoms with van der Waals surface area (Å²) >= 11 is 11.4. The smallest absolute Gasteiger partial charge is 0.404 e. The van der Waals surface area contributed by atoms with E-state index >= 15 is 0 Å². The molecule has 0 bridgehead atoms. The van der Waals surface area contributed by atoms with Crippen molar-refractivity contribution in [2.45, 2.75) is 0 Å². The highest BCUT2D eigenvalue weighted by Gasteiger charge is 2.15. The first-order chi connectivity index (χ1) is 8.46. The van der Waals surface area contributed by atoms with Gasteiger partial charge in [-0.2, -0.15) is 0 Å². The second kappa shape index (κ2) is 7.22. The highest BCUT2D eigenvalue weighted by molar-refractivity contribution is 7.46. The van der Waals surface area contributed by atoms with Crippen molar-refractivity contribution in [3.05, 3.63) is 24.3 Å². The first-order valence-electron chi connectivity index (χ1n) is 5.18. The molecule has 1 rings (SSSR count). The summed E-state index contributed by atoms with van der Waals surface area (Å²) in [6.45, 7) is 1.29. The summed E-state index contributed by atoms with van der Waals surface area (Å²) in [5.74, 6) is 1.05. The van der Waals surface area contributed by atoms with E-state index in [-0.39, 0.29) is 5.75 Å². The van der Waals surface area contributed by atoms with E-state index in [1.165, 1.54) is 12.1 Å². The zero-order valence-corrected chi connectivity index (χ0v) is 11.9. The van der Waals surface area contributed by atoms with Gasteiger partial charge in [0.1, 0.15) is 5.75 Å². The maximum absolute atomic E-state index is 10.7. The van der Waals surface area contributed by atoms with E-state index in [9.17, 15) is 4.57 Å². The molecule has 0 unspecified atom stereocenters. The molecule has 102 valence electrons. The predicted octanol–water partition coefficient (Wildman–Crippen LogP) is 2.44. The van der Waals surface area contributed by atoms with Gasteiger partial charge < -0.3 is 9.42 Å². The summed E-state index contributed by atoms with van der Waals surface area (Å²) in [5, 5.41) is 0. The minimum Gasteiger partial charge on any atom is -0.404 e. The van der Waals surface area contributed by atoms with Crippen LogP contribution in [0.1, 0.15) is 0 Å². The first kappa shape index (κ1) is 15.6. The molecule has 0 aromatic heterocycles. The van der Waals surface area contributed by atoms with E-state index in [4.69, 9.17) is 33.0 Å². The molecule has 18 heavy (non-hydrogen) atoms. The Balaban J connectivity index is 2.76. The van der Waals surface area contributed by atoms with Crippen LogP contribution in [0, 0.1) is 0 Å². The third-order valence-electron chi connectivity index (χ3n) is 2.14. The molecule has 1 aromatic rings. The molecule has 0 heterocycles. The molecule has 0 saturated heterocycles. The van der Waals surface area contributed by atoms with Gasteiger partial charge in [-0.05, 0) is 24.3 Å². The molecule has 0 atom stereocenters. The van der Waals surface area contributed by atoms with E-state index in [2.05, 4.69) is 4.52 Å². The molecule has 0 aliphatic heterocycles. The number of alkyl halides is 2. The molecule has 0 aliphatic carbocycles. The second-order valence-corrected chi connectivity index (χ2v) is 5.36. The highest BCUT2D eigenvalue weighted by atomic mass is 35.5. The summed E-state index contributed by atoms with van der Waals surface area (Å²) in [6.07, 6.45) is 0. The molecular weight excluding hydrogens is 300 g/mol. The number of phosphoric ester groups is 1. The Morgan fingerprint density at radius 3 is 2.00 bits per heavy atom. The van der Waals surface area contributed by atoms with Crippen LogP contribution in [0.15, 0.2) is 24.3 Å². The van der Waals surface area contributed by atoms with Crippen molar-refractivity contribution >= 4 is 36.7 Å². The number of phosphoric acid groups is 1. The summed E-state index contributed by atoms with van der Waals surface area (Å²) in [6, 6.07) is 6.38. The van der Waals surface area contributed by atoms with E-state index < -0.39 is 7.82 Å². The van der Waals surface area contributed by atoms with Crippen molar-refractivity contribution in [3.8, 4) is 5.75 Å². The maximum Gasteiger partial charge on any atom is 0.524 e. The summed E-state index contributed by atoms with van der Waals surface area (Å²) in [7, 11) is -4.51. The SMILES string of the molecule is O=P(O)(O)Oc1ccc(N(CCCl)CCCl)cc1. The number of rotatable bonds is 7. The van der Waals surface area contributed by atoms with E-state index in [1.807, 2.05) is 4.90 Å². The van der Waals surface area contributed by atoms with Crippen LogP contribution < -0.4 is 9.42 Å². The standard InChI is InChI=1S/C10H14Cl2NO4P/c11-5-7-13(8-6-12)9-1-3-10(4-2-9)17-18(14,15)16/h1-4H,5-8H2,(H2,14,15,16). The summed E-state index contributed by atoms with van der Waals surface area (Å²) in [5.41, 5.74) is 0.870. The maximum atomic E-state index is 10.7. The molecule has 0 aliphatic rings. The quantitative estimate of drug-likeness (QED) is 0.597. The second-order valence-electron chi connectivity index (χ2n) is 3.44. The zero-order valence-electron chi connectivity index (χ0n) is 9.50. The van der Waals surface area contributed by atoms with E-state index in [0.717, 1.165) is 5.69 Å². The fourth-order valence-corrected chi connectivity index (χ4v) is 2.23. The van der Waals surface area contributed by atoms with Crippen molar-refractivity contribution in [3.63, 3.8) is 0 Å². The number of hydrogen-bond donors (Lipinski definition) is 2. The van der Waals surface area contributed by atoms with Gasteiger partial charge in [0.15, 0.2) is 0 Å². The number of nitrogens with zero attached hydrogens (tertiary/aromatic N) is 1. The monoisotopic (exact) mass is 313 g/mol. The summed E-state index contributed by atoms with van der Waals surface area (Å²) in [4.78, 5) is 19.3. The molecule has 0 spiro atoms. The summed E-state index contributed by atoms with van der Waals surface area (Å²) < 4.78 is 15.1. The number of halogens is 2. The average Bonchev–Trinajstić information content (AvgIpc) is 2.28. The largest absolute Gasteiger partial charge is 0.524 e. The average molecular weight is 314 g/mol. The van der Waals surface area contributed by atoms with Gasteiger partial charge in [-0.3, -0.25) is 9.79 Å². The Morgan fingerprint density at radius 1 is 1.11 bits per heavy atom. The lowest BCUT2D eigenvalue weighted by atomic mass is 10.2. The van der Waals surface area contributed by atoms with Crippen LogP contribution in [0.5, 0.6) is 5.75 Å². The van der Waals surface area contributed by atoms with Crippen LogP contribution in [0.25, 0.3) is 0 Å². The minimum atomic E-state index is -4.51. The van der Waals surface area contributed by atoms with Gasteiger partial charge in [-0.15, -0.1) is 23.2 Å². The van der Waals surface area contributed by atoms with E-state index in [0.29, 0.717) is 24.8 Å². The molecule has 2 N–H and O–H groups in total. The molecule has 0 fully saturated rings. The molecule has 0 saturated carbocycles. The van der Waals surface area contributed by atoms with Crippen LogP contribution in [-0.4, -0.2) is 34.6 Å². The molecule has 1 aromatic carbocycles. The minimum absolute atomic E-state index is 0.115. The molecule has 5 nitrogen and oxygen atoms in total. The van der Waals surface area contributed by atoms with Gasteiger partial charge in [-0.25, -0.2) is 4.57 Å². The lowest BCUT2D eigenvalue weighted by Gasteiger charge is -2.23. The fraction of sp³-hybridized carbons (Fsp3) is 0.400. The number of anilines is 1. The van der Waals surface area contributed by atoms with Crippen molar-refractivity contribution in [1.82, 2.24) is 0 Å². The van der Waals surface area contributed by atoms with Crippen LogP contribution in [0.3, 0.4) is 0 Å². The van der Waals surface area contributed by atoms with Gasteiger partial charge in [0.2, 0.25) is 0 Å². The van der Waals surface area contributed by atoms with Crippen molar-refractivity contribution < 1.29 is 18.9 Å². The Morgan fingerprint density at radius 2 is 1.61 bits per heavy atom. The van der Waals surface area contributed by atoms with Crippen LogP contribution in [0.4, 0.5) is 5.69 Å². The third-order valence-corrected chi connectivity index (χ3v) is 2.92. The zero-order chi connectivity index (χ0) is 13.6. The Bertz CT molecular complexity index is 403. The number of hydrogen-bond acceptors (Lipinski definition) is 3. The van der Waals surface area contributed by atoms with Crippen LogP contribution >= 0.6 is 31.0 Å². The number of benzene rings is 1. The van der Waals surface area contributed by atoms with Crippen molar-refractivity contribution in [1.29, 1.82) is 0 Å². The van der Waals surface area contributed by atoms with Gasteiger partial charge in [0.25, 0.3) is 0 Å². The van der Waals surface area contributed by atoms with Crippen molar-refractivity contribution in [2.75, 3.05) is 29.7 Å². The van der Waals surface area contributed by atoms with E-state index in [1.54, 1.807) is 12.1 Å². The molecule has 0 amide bonds. The first-order valence-corrected chi connectivity index (χ1v) is 7.78. The molecule has 0 radical (unpaired) electrons.